The monoisotopic (exact) mass is 277 g/mol. The Kier molecular flexibility index (Phi) is 3.71. The summed E-state index contributed by atoms with van der Waals surface area (Å²) in [6.45, 7) is 3.80. The number of carbonyl (C=O) groups is 1. The molecule has 0 spiro atoms. The lowest BCUT2D eigenvalue weighted by Crippen LogP contribution is -2.43. The number of rotatable bonds is 2. The van der Waals surface area contributed by atoms with E-state index in [9.17, 15) is 4.79 Å². The molecule has 1 amide bonds. The SMILES string of the molecule is C[C@@H]1C[C@@H]2CN(C(=O)/C=C/c3cccs3)CC[C@@H]2O1. The zero-order valence-electron chi connectivity index (χ0n) is 11.1. The molecule has 4 heteroatoms. The first-order valence-electron chi connectivity index (χ1n) is 6.88. The molecule has 0 aliphatic carbocycles. The normalized spacial score (nSPS) is 30.8. The van der Waals surface area contributed by atoms with Crippen LogP contribution in [-0.2, 0) is 9.53 Å². The molecule has 3 heterocycles. The fraction of sp³-hybridized carbons (Fsp3) is 0.533. The van der Waals surface area contributed by atoms with Crippen molar-refractivity contribution in [2.45, 2.75) is 32.0 Å². The molecule has 2 aliphatic heterocycles. The van der Waals surface area contributed by atoms with E-state index < -0.39 is 0 Å². The number of hydrogen-bond acceptors (Lipinski definition) is 3. The van der Waals surface area contributed by atoms with Gasteiger partial charge in [0.15, 0.2) is 0 Å². The number of ether oxygens (including phenoxy) is 1. The van der Waals surface area contributed by atoms with Gasteiger partial charge in [0.1, 0.15) is 0 Å². The lowest BCUT2D eigenvalue weighted by molar-refractivity contribution is -0.129. The molecule has 19 heavy (non-hydrogen) atoms. The standard InChI is InChI=1S/C15H19NO2S/c1-11-9-12-10-16(7-6-14(12)18-11)15(17)5-4-13-3-2-8-19-13/h2-5,8,11-12,14H,6-7,9-10H2,1H3/b5-4+/t11-,12-,14+/m1/s1. The number of piperidine rings is 1. The van der Waals surface area contributed by atoms with Gasteiger partial charge in [-0.15, -0.1) is 11.3 Å². The Hall–Kier alpha value is -1.13. The van der Waals surface area contributed by atoms with E-state index in [1.165, 1.54) is 0 Å². The van der Waals surface area contributed by atoms with Crippen molar-refractivity contribution < 1.29 is 9.53 Å². The molecule has 0 N–H and O–H groups in total. The summed E-state index contributed by atoms with van der Waals surface area (Å²) in [4.78, 5) is 15.3. The summed E-state index contributed by atoms with van der Waals surface area (Å²) in [5.74, 6) is 0.661. The molecule has 0 saturated carbocycles. The predicted molar refractivity (Wildman–Crippen MR) is 77.0 cm³/mol. The van der Waals surface area contributed by atoms with Gasteiger partial charge in [-0.3, -0.25) is 4.79 Å². The number of nitrogens with zero attached hydrogens (tertiary/aromatic N) is 1. The van der Waals surface area contributed by atoms with Crippen molar-refractivity contribution in [2.24, 2.45) is 5.92 Å². The van der Waals surface area contributed by atoms with Gasteiger partial charge in [-0.25, -0.2) is 0 Å². The molecule has 3 rings (SSSR count). The van der Waals surface area contributed by atoms with E-state index in [1.54, 1.807) is 17.4 Å². The van der Waals surface area contributed by atoms with Crippen molar-refractivity contribution in [2.75, 3.05) is 13.1 Å². The van der Waals surface area contributed by atoms with Crippen LogP contribution in [0.5, 0.6) is 0 Å². The van der Waals surface area contributed by atoms with Crippen LogP contribution in [0.15, 0.2) is 23.6 Å². The Morgan fingerprint density at radius 1 is 1.58 bits per heavy atom. The van der Waals surface area contributed by atoms with E-state index in [0.717, 1.165) is 30.8 Å². The van der Waals surface area contributed by atoms with Crippen LogP contribution >= 0.6 is 11.3 Å². The van der Waals surface area contributed by atoms with Crippen molar-refractivity contribution in [3.63, 3.8) is 0 Å². The van der Waals surface area contributed by atoms with Gasteiger partial charge in [-0.05, 0) is 37.3 Å². The summed E-state index contributed by atoms with van der Waals surface area (Å²) >= 11 is 1.65. The maximum absolute atomic E-state index is 12.2. The molecule has 3 nitrogen and oxygen atoms in total. The zero-order chi connectivity index (χ0) is 13.2. The lowest BCUT2D eigenvalue weighted by Gasteiger charge is -2.33. The van der Waals surface area contributed by atoms with Gasteiger partial charge in [-0.2, -0.15) is 0 Å². The second-order valence-electron chi connectivity index (χ2n) is 5.40. The summed E-state index contributed by atoms with van der Waals surface area (Å²) in [5.41, 5.74) is 0. The van der Waals surface area contributed by atoms with Crippen LogP contribution in [0.25, 0.3) is 6.08 Å². The van der Waals surface area contributed by atoms with E-state index in [4.69, 9.17) is 4.74 Å². The van der Waals surface area contributed by atoms with Crippen LogP contribution in [-0.4, -0.2) is 36.1 Å². The molecule has 1 aromatic heterocycles. The van der Waals surface area contributed by atoms with E-state index in [-0.39, 0.29) is 5.91 Å². The summed E-state index contributed by atoms with van der Waals surface area (Å²) < 4.78 is 5.86. The highest BCUT2D eigenvalue weighted by atomic mass is 32.1. The third-order valence-electron chi connectivity index (χ3n) is 3.95. The molecule has 102 valence electrons. The van der Waals surface area contributed by atoms with Gasteiger partial charge in [0, 0.05) is 30.0 Å². The molecule has 0 unspecified atom stereocenters. The highest BCUT2D eigenvalue weighted by molar-refractivity contribution is 7.10. The summed E-state index contributed by atoms with van der Waals surface area (Å²) in [6.07, 6.45) is 6.40. The van der Waals surface area contributed by atoms with Crippen molar-refractivity contribution in [1.82, 2.24) is 4.90 Å². The lowest BCUT2D eigenvalue weighted by atomic mass is 9.93. The molecule has 3 atom stereocenters. The Morgan fingerprint density at radius 3 is 3.26 bits per heavy atom. The van der Waals surface area contributed by atoms with Crippen molar-refractivity contribution >= 4 is 23.3 Å². The highest BCUT2D eigenvalue weighted by Crippen LogP contribution is 2.32. The minimum absolute atomic E-state index is 0.131. The molecule has 2 aliphatic rings. The first-order valence-corrected chi connectivity index (χ1v) is 7.76. The number of hydrogen-bond donors (Lipinski definition) is 0. The van der Waals surface area contributed by atoms with Crippen LogP contribution in [0.3, 0.4) is 0 Å². The second-order valence-corrected chi connectivity index (χ2v) is 6.38. The van der Waals surface area contributed by atoms with Crippen LogP contribution in [0.1, 0.15) is 24.6 Å². The summed E-state index contributed by atoms with van der Waals surface area (Å²) in [5, 5.41) is 2.02. The Morgan fingerprint density at radius 2 is 2.47 bits per heavy atom. The molecule has 0 aromatic carbocycles. The average molecular weight is 277 g/mol. The average Bonchev–Trinajstić information content (AvgIpc) is 3.02. The van der Waals surface area contributed by atoms with E-state index in [1.807, 2.05) is 28.5 Å². The third-order valence-corrected chi connectivity index (χ3v) is 4.79. The molecule has 0 bridgehead atoms. The van der Waals surface area contributed by atoms with Gasteiger partial charge in [0.05, 0.1) is 12.2 Å². The topological polar surface area (TPSA) is 29.5 Å². The molecule has 2 fully saturated rings. The molecule has 0 radical (unpaired) electrons. The molecular weight excluding hydrogens is 258 g/mol. The minimum Gasteiger partial charge on any atom is -0.375 e. The van der Waals surface area contributed by atoms with Gasteiger partial charge in [0.25, 0.3) is 0 Å². The Balaban J connectivity index is 1.59. The first kappa shape index (κ1) is 12.9. The van der Waals surface area contributed by atoms with Crippen LogP contribution in [0.2, 0.25) is 0 Å². The maximum Gasteiger partial charge on any atom is 0.246 e. The van der Waals surface area contributed by atoms with Gasteiger partial charge in [0.2, 0.25) is 5.91 Å². The van der Waals surface area contributed by atoms with Crippen molar-refractivity contribution in [3.05, 3.63) is 28.5 Å². The highest BCUT2D eigenvalue weighted by Gasteiger charge is 2.38. The van der Waals surface area contributed by atoms with E-state index in [0.29, 0.717) is 18.1 Å². The van der Waals surface area contributed by atoms with Crippen LogP contribution in [0, 0.1) is 5.92 Å². The van der Waals surface area contributed by atoms with E-state index in [2.05, 4.69) is 6.92 Å². The molecular formula is C15H19NO2S. The molecule has 2 saturated heterocycles. The summed E-state index contributed by atoms with van der Waals surface area (Å²) in [7, 11) is 0. The van der Waals surface area contributed by atoms with Gasteiger partial charge >= 0.3 is 0 Å². The maximum atomic E-state index is 12.2. The Labute approximate surface area is 117 Å². The summed E-state index contributed by atoms with van der Waals surface area (Å²) in [6, 6.07) is 4.02. The van der Waals surface area contributed by atoms with Crippen molar-refractivity contribution in [3.8, 4) is 0 Å². The first-order chi connectivity index (χ1) is 9.22. The number of likely N-dealkylation sites (tertiary alicyclic amines) is 1. The van der Waals surface area contributed by atoms with Gasteiger partial charge in [-0.1, -0.05) is 6.07 Å². The predicted octanol–water partition coefficient (Wildman–Crippen LogP) is 2.79. The fourth-order valence-corrected chi connectivity index (χ4v) is 3.66. The molecule has 1 aromatic rings. The van der Waals surface area contributed by atoms with Crippen molar-refractivity contribution in [1.29, 1.82) is 0 Å². The number of fused-ring (bicyclic) bond motifs is 1. The number of thiophene rings is 1. The minimum atomic E-state index is 0.131. The fourth-order valence-electron chi connectivity index (χ4n) is 3.04. The van der Waals surface area contributed by atoms with E-state index >= 15 is 0 Å². The number of amides is 1. The van der Waals surface area contributed by atoms with Crippen LogP contribution in [0.4, 0.5) is 0 Å². The number of carbonyl (C=O) groups excluding carboxylic acids is 1. The van der Waals surface area contributed by atoms with Crippen LogP contribution < -0.4 is 0 Å². The Bertz CT molecular complexity index is 468. The second kappa shape index (κ2) is 5.47. The zero-order valence-corrected chi connectivity index (χ0v) is 11.9. The largest absolute Gasteiger partial charge is 0.375 e. The van der Waals surface area contributed by atoms with Gasteiger partial charge < -0.3 is 9.64 Å². The third kappa shape index (κ3) is 2.90. The quantitative estimate of drug-likeness (QED) is 0.778. The smallest absolute Gasteiger partial charge is 0.246 e.